The molecule has 1 fully saturated rings. The first-order valence-corrected chi connectivity index (χ1v) is 7.12. The van der Waals surface area contributed by atoms with Crippen molar-refractivity contribution in [2.75, 3.05) is 39.9 Å². The summed E-state index contributed by atoms with van der Waals surface area (Å²) in [5, 5.41) is 2.99. The van der Waals surface area contributed by atoms with Crippen LogP contribution in [0.15, 0.2) is 18.2 Å². The maximum atomic E-state index is 13.9. The third-order valence-electron chi connectivity index (χ3n) is 3.47. The Morgan fingerprint density at radius 2 is 2.35 bits per heavy atom. The molecule has 1 heterocycles. The molecule has 112 valence electrons. The molecule has 20 heavy (non-hydrogen) atoms. The summed E-state index contributed by atoms with van der Waals surface area (Å²) in [7, 11) is 1.84. The summed E-state index contributed by atoms with van der Waals surface area (Å²) in [4.78, 5) is 2.31. The van der Waals surface area contributed by atoms with Gasteiger partial charge in [-0.15, -0.1) is 0 Å². The third-order valence-corrected chi connectivity index (χ3v) is 3.47. The van der Waals surface area contributed by atoms with Crippen molar-refractivity contribution in [1.82, 2.24) is 10.2 Å². The lowest BCUT2D eigenvalue weighted by Crippen LogP contribution is -2.44. The van der Waals surface area contributed by atoms with Crippen molar-refractivity contribution in [2.45, 2.75) is 19.6 Å². The van der Waals surface area contributed by atoms with Gasteiger partial charge in [0.2, 0.25) is 0 Å². The van der Waals surface area contributed by atoms with Crippen LogP contribution in [-0.2, 0) is 11.3 Å². The molecule has 1 N–H and O–H groups in total. The number of rotatable bonds is 6. The number of ether oxygens (including phenoxy) is 2. The molecule has 1 aromatic carbocycles. The first-order chi connectivity index (χ1) is 9.72. The maximum Gasteiger partial charge on any atom is 0.165 e. The van der Waals surface area contributed by atoms with E-state index in [2.05, 4.69) is 17.1 Å². The molecular weight excluding hydrogens is 259 g/mol. The fourth-order valence-corrected chi connectivity index (χ4v) is 2.33. The highest BCUT2D eigenvalue weighted by Crippen LogP contribution is 2.19. The van der Waals surface area contributed by atoms with Crippen LogP contribution in [0.3, 0.4) is 0 Å². The number of benzene rings is 1. The van der Waals surface area contributed by atoms with Crippen LogP contribution in [0.5, 0.6) is 5.75 Å². The third kappa shape index (κ3) is 4.16. The number of nitrogens with one attached hydrogen (secondary N) is 1. The zero-order chi connectivity index (χ0) is 14.4. The highest BCUT2D eigenvalue weighted by atomic mass is 19.1. The van der Waals surface area contributed by atoms with Crippen LogP contribution < -0.4 is 10.1 Å². The van der Waals surface area contributed by atoms with E-state index >= 15 is 0 Å². The van der Waals surface area contributed by atoms with Gasteiger partial charge in [0, 0.05) is 19.6 Å². The summed E-state index contributed by atoms with van der Waals surface area (Å²) < 4.78 is 25.1. The van der Waals surface area contributed by atoms with Crippen LogP contribution >= 0.6 is 0 Å². The minimum absolute atomic E-state index is 0.0140. The average Bonchev–Trinajstić information content (AvgIpc) is 2.47. The van der Waals surface area contributed by atoms with E-state index < -0.39 is 0 Å². The van der Waals surface area contributed by atoms with E-state index in [1.165, 1.54) is 6.07 Å². The normalized spacial score (nSPS) is 20.1. The van der Waals surface area contributed by atoms with E-state index in [0.29, 0.717) is 25.5 Å². The van der Waals surface area contributed by atoms with Crippen LogP contribution in [0, 0.1) is 5.82 Å². The van der Waals surface area contributed by atoms with Crippen molar-refractivity contribution < 1.29 is 13.9 Å². The molecule has 1 aliphatic heterocycles. The Morgan fingerprint density at radius 1 is 1.50 bits per heavy atom. The number of hydrogen-bond acceptors (Lipinski definition) is 4. The molecule has 0 bridgehead atoms. The molecule has 1 unspecified atom stereocenters. The molecule has 2 rings (SSSR count). The minimum Gasteiger partial charge on any atom is -0.488 e. The van der Waals surface area contributed by atoms with E-state index in [-0.39, 0.29) is 11.9 Å². The zero-order valence-electron chi connectivity index (χ0n) is 12.2. The van der Waals surface area contributed by atoms with Gasteiger partial charge in [0.1, 0.15) is 12.7 Å². The summed E-state index contributed by atoms with van der Waals surface area (Å²) in [6.45, 7) is 6.69. The average molecular weight is 282 g/mol. The van der Waals surface area contributed by atoms with Gasteiger partial charge in [-0.1, -0.05) is 13.0 Å². The van der Waals surface area contributed by atoms with Gasteiger partial charge in [-0.25, -0.2) is 4.39 Å². The van der Waals surface area contributed by atoms with E-state index in [1.807, 2.05) is 13.1 Å². The van der Waals surface area contributed by atoms with Gasteiger partial charge in [-0.05, 0) is 31.3 Å². The molecule has 0 aliphatic carbocycles. The Morgan fingerprint density at radius 3 is 3.05 bits per heavy atom. The molecule has 1 saturated heterocycles. The Bertz CT molecular complexity index is 428. The van der Waals surface area contributed by atoms with Crippen LogP contribution in [0.1, 0.15) is 12.5 Å². The van der Waals surface area contributed by atoms with Gasteiger partial charge in [0.25, 0.3) is 0 Å². The van der Waals surface area contributed by atoms with Crippen LogP contribution in [0.25, 0.3) is 0 Å². The Hall–Kier alpha value is -1.17. The van der Waals surface area contributed by atoms with E-state index in [1.54, 1.807) is 6.07 Å². The number of nitrogens with zero attached hydrogens (tertiary/aromatic N) is 1. The first-order valence-electron chi connectivity index (χ1n) is 7.12. The standard InChI is InChI=1S/C15H23FN2O2/c1-3-18-6-7-19-13(10-18)11-20-15-5-4-12(9-17-2)8-14(15)16/h4-5,8,13,17H,3,6-7,9-11H2,1-2H3. The quantitative estimate of drug-likeness (QED) is 0.860. The Labute approximate surface area is 119 Å². The highest BCUT2D eigenvalue weighted by molar-refractivity contribution is 5.29. The second-order valence-electron chi connectivity index (χ2n) is 4.99. The summed E-state index contributed by atoms with van der Waals surface area (Å²) in [5.74, 6) is -0.0250. The van der Waals surface area contributed by atoms with Crippen LogP contribution in [0.4, 0.5) is 4.39 Å². The Balaban J connectivity index is 1.87. The summed E-state index contributed by atoms with van der Waals surface area (Å²) in [5.41, 5.74) is 0.906. The number of halogens is 1. The lowest BCUT2D eigenvalue weighted by Gasteiger charge is -2.31. The van der Waals surface area contributed by atoms with Gasteiger partial charge in [0.15, 0.2) is 11.6 Å². The largest absolute Gasteiger partial charge is 0.488 e. The predicted octanol–water partition coefficient (Wildman–Crippen LogP) is 1.64. The number of likely N-dealkylation sites (N-methyl/N-ethyl adjacent to an activating group) is 1. The van der Waals surface area contributed by atoms with Gasteiger partial charge < -0.3 is 14.8 Å². The summed E-state index contributed by atoms with van der Waals surface area (Å²) in [6.07, 6.45) is 0.0140. The molecular formula is C15H23FN2O2. The zero-order valence-corrected chi connectivity index (χ0v) is 12.2. The monoisotopic (exact) mass is 282 g/mol. The van der Waals surface area contributed by atoms with Gasteiger partial charge in [-0.2, -0.15) is 0 Å². The highest BCUT2D eigenvalue weighted by Gasteiger charge is 2.20. The molecule has 1 aromatic rings. The summed E-state index contributed by atoms with van der Waals surface area (Å²) >= 11 is 0. The van der Waals surface area contributed by atoms with Crippen LogP contribution in [-0.4, -0.2) is 50.9 Å². The number of hydrogen-bond donors (Lipinski definition) is 1. The predicted molar refractivity (Wildman–Crippen MR) is 76.5 cm³/mol. The first kappa shape index (κ1) is 15.2. The lowest BCUT2D eigenvalue weighted by atomic mass is 10.2. The van der Waals surface area contributed by atoms with Crippen molar-refractivity contribution >= 4 is 0 Å². The SMILES string of the molecule is CCN1CCOC(COc2ccc(CNC)cc2F)C1. The summed E-state index contributed by atoms with van der Waals surface area (Å²) in [6, 6.07) is 5.06. The maximum absolute atomic E-state index is 13.9. The van der Waals surface area contributed by atoms with Crippen molar-refractivity contribution in [2.24, 2.45) is 0 Å². The molecule has 0 amide bonds. The fraction of sp³-hybridized carbons (Fsp3) is 0.600. The Kier molecular flexibility index (Phi) is 5.76. The topological polar surface area (TPSA) is 33.7 Å². The molecule has 0 aromatic heterocycles. The van der Waals surface area contributed by atoms with Crippen molar-refractivity contribution in [3.63, 3.8) is 0 Å². The van der Waals surface area contributed by atoms with Crippen molar-refractivity contribution in [1.29, 1.82) is 0 Å². The van der Waals surface area contributed by atoms with Crippen molar-refractivity contribution in [3.05, 3.63) is 29.6 Å². The second-order valence-corrected chi connectivity index (χ2v) is 4.99. The molecule has 0 saturated carbocycles. The molecule has 1 aliphatic rings. The van der Waals surface area contributed by atoms with Gasteiger partial charge in [0.05, 0.1) is 6.61 Å². The van der Waals surface area contributed by atoms with E-state index in [9.17, 15) is 4.39 Å². The fourth-order valence-electron chi connectivity index (χ4n) is 2.33. The molecule has 1 atom stereocenters. The van der Waals surface area contributed by atoms with Crippen LogP contribution in [0.2, 0.25) is 0 Å². The van der Waals surface area contributed by atoms with Crippen molar-refractivity contribution in [3.8, 4) is 5.75 Å². The number of morpholine rings is 1. The van der Waals surface area contributed by atoms with E-state index in [4.69, 9.17) is 9.47 Å². The molecule has 5 heteroatoms. The smallest absolute Gasteiger partial charge is 0.165 e. The van der Waals surface area contributed by atoms with Gasteiger partial charge in [-0.3, -0.25) is 4.90 Å². The second kappa shape index (κ2) is 7.57. The lowest BCUT2D eigenvalue weighted by molar-refractivity contribution is -0.0468. The molecule has 0 radical (unpaired) electrons. The molecule has 0 spiro atoms. The van der Waals surface area contributed by atoms with Gasteiger partial charge >= 0.3 is 0 Å². The minimum atomic E-state index is -0.319. The van der Waals surface area contributed by atoms with E-state index in [0.717, 1.165) is 25.2 Å². The molecule has 4 nitrogen and oxygen atoms in total.